The highest BCUT2D eigenvalue weighted by atomic mass is 35.5. The lowest BCUT2D eigenvalue weighted by atomic mass is 10.2. The molecule has 1 aromatic carbocycles. The minimum Gasteiger partial charge on any atom is -0.496 e. The summed E-state index contributed by atoms with van der Waals surface area (Å²) in [6, 6.07) is 4.90. The van der Waals surface area contributed by atoms with E-state index in [0.29, 0.717) is 30.3 Å². The van der Waals surface area contributed by atoms with Crippen LogP contribution in [-0.4, -0.2) is 43.0 Å². The lowest BCUT2D eigenvalue weighted by molar-refractivity contribution is -0.125. The van der Waals surface area contributed by atoms with Crippen LogP contribution in [0, 0.1) is 0 Å². The molecule has 1 saturated heterocycles. The predicted octanol–water partition coefficient (Wildman–Crippen LogP) is 0.914. The van der Waals surface area contributed by atoms with Crippen LogP contribution in [0.2, 0.25) is 5.02 Å². The van der Waals surface area contributed by atoms with Crippen LogP contribution in [0.4, 0.5) is 0 Å². The van der Waals surface area contributed by atoms with Gasteiger partial charge in [0.05, 0.1) is 19.7 Å². The molecule has 2 rings (SSSR count). The number of carbonyl (C=O) groups excluding carboxylic acids is 2. The number of ether oxygens (including phenoxy) is 1. The van der Waals surface area contributed by atoms with Gasteiger partial charge >= 0.3 is 0 Å². The molecule has 3 N–H and O–H groups in total. The van der Waals surface area contributed by atoms with Crippen LogP contribution >= 0.6 is 11.6 Å². The second kappa shape index (κ2) is 7.47. The molecule has 6 nitrogen and oxygen atoms in total. The predicted molar refractivity (Wildman–Crippen MR) is 83.6 cm³/mol. The molecule has 0 aliphatic carbocycles. The number of nitrogens with zero attached hydrogens (tertiary/aromatic N) is 1. The van der Waals surface area contributed by atoms with E-state index in [1.807, 2.05) is 4.90 Å². The van der Waals surface area contributed by atoms with Crippen molar-refractivity contribution in [1.82, 2.24) is 10.2 Å². The van der Waals surface area contributed by atoms with Crippen LogP contribution in [0.5, 0.6) is 5.75 Å². The lowest BCUT2D eigenvalue weighted by Gasteiger charge is -2.21. The van der Waals surface area contributed by atoms with E-state index in [1.54, 1.807) is 25.3 Å². The summed E-state index contributed by atoms with van der Waals surface area (Å²) in [7, 11) is 1.57. The Labute approximate surface area is 134 Å². The van der Waals surface area contributed by atoms with Crippen molar-refractivity contribution in [2.24, 2.45) is 5.73 Å². The van der Waals surface area contributed by atoms with E-state index in [1.165, 1.54) is 0 Å². The lowest BCUT2D eigenvalue weighted by Crippen LogP contribution is -2.45. The number of hydrogen-bond acceptors (Lipinski definition) is 4. The van der Waals surface area contributed by atoms with E-state index in [-0.39, 0.29) is 24.4 Å². The minimum absolute atomic E-state index is 0.157. The van der Waals surface area contributed by atoms with Gasteiger partial charge in [0.1, 0.15) is 5.75 Å². The van der Waals surface area contributed by atoms with Crippen LogP contribution in [0.15, 0.2) is 18.2 Å². The molecule has 2 amide bonds. The monoisotopic (exact) mass is 325 g/mol. The Kier molecular flexibility index (Phi) is 5.63. The first-order valence-electron chi connectivity index (χ1n) is 7.13. The number of nitrogens with one attached hydrogen (secondary N) is 1. The molecular formula is C15H20ClN3O3. The van der Waals surface area contributed by atoms with Gasteiger partial charge in [0, 0.05) is 17.1 Å². The fourth-order valence-electron chi connectivity index (χ4n) is 2.66. The molecular weight excluding hydrogens is 306 g/mol. The van der Waals surface area contributed by atoms with Gasteiger partial charge in [0.25, 0.3) is 0 Å². The third-order valence-electron chi connectivity index (χ3n) is 3.76. The Hall–Kier alpha value is -1.79. The van der Waals surface area contributed by atoms with Gasteiger partial charge < -0.3 is 15.8 Å². The summed E-state index contributed by atoms with van der Waals surface area (Å²) in [5.74, 6) is 0.137. The van der Waals surface area contributed by atoms with E-state index in [0.717, 1.165) is 12.0 Å². The summed E-state index contributed by atoms with van der Waals surface area (Å²) >= 11 is 5.95. The van der Waals surface area contributed by atoms with E-state index < -0.39 is 0 Å². The van der Waals surface area contributed by atoms with Gasteiger partial charge in [-0.15, -0.1) is 0 Å². The highest BCUT2D eigenvalue weighted by Crippen LogP contribution is 2.22. The Balaban J connectivity index is 1.90. The van der Waals surface area contributed by atoms with Crippen LogP contribution < -0.4 is 15.8 Å². The molecule has 1 atom stereocenters. The molecule has 120 valence electrons. The number of amides is 2. The summed E-state index contributed by atoms with van der Waals surface area (Å²) in [5.41, 5.74) is 6.14. The van der Waals surface area contributed by atoms with Gasteiger partial charge in [-0.25, -0.2) is 0 Å². The number of halogens is 1. The maximum absolute atomic E-state index is 12.0. The number of hydrogen-bond donors (Lipinski definition) is 2. The Bertz CT molecular complexity index is 565. The molecule has 0 bridgehead atoms. The summed E-state index contributed by atoms with van der Waals surface area (Å²) in [5, 5.41) is 3.40. The standard InChI is InChI=1S/C15H20ClN3O3/c1-22-13-5-4-11(16)7-10(13)8-18-14(20)9-19-6-2-3-12(19)15(17)21/h4-5,7,12H,2-3,6,8-9H2,1H3,(H2,17,21)(H,18,20)/t12-/m1/s1. The molecule has 0 spiro atoms. The third-order valence-corrected chi connectivity index (χ3v) is 3.99. The normalized spacial score (nSPS) is 18.2. The van der Waals surface area contributed by atoms with E-state index in [4.69, 9.17) is 22.1 Å². The number of carbonyl (C=O) groups is 2. The number of benzene rings is 1. The van der Waals surface area contributed by atoms with Crippen LogP contribution in [0.1, 0.15) is 18.4 Å². The van der Waals surface area contributed by atoms with Crippen molar-refractivity contribution in [2.75, 3.05) is 20.2 Å². The van der Waals surface area contributed by atoms with Crippen molar-refractivity contribution in [3.8, 4) is 5.75 Å². The van der Waals surface area contributed by atoms with Gasteiger partial charge in [0.2, 0.25) is 11.8 Å². The number of nitrogens with two attached hydrogens (primary N) is 1. The fourth-order valence-corrected chi connectivity index (χ4v) is 2.85. The van der Waals surface area contributed by atoms with Gasteiger partial charge in [-0.1, -0.05) is 11.6 Å². The molecule has 1 aliphatic heterocycles. The van der Waals surface area contributed by atoms with Crippen molar-refractivity contribution in [3.63, 3.8) is 0 Å². The maximum atomic E-state index is 12.0. The topological polar surface area (TPSA) is 84.7 Å². The molecule has 22 heavy (non-hydrogen) atoms. The van der Waals surface area contributed by atoms with Crippen LogP contribution in [0.3, 0.4) is 0 Å². The van der Waals surface area contributed by atoms with Crippen molar-refractivity contribution >= 4 is 23.4 Å². The second-order valence-corrected chi connectivity index (χ2v) is 5.70. The number of methoxy groups -OCH3 is 1. The van der Waals surface area contributed by atoms with Gasteiger partial charge in [0.15, 0.2) is 0 Å². The fraction of sp³-hybridized carbons (Fsp3) is 0.467. The minimum atomic E-state index is -0.373. The van der Waals surface area contributed by atoms with Crippen molar-refractivity contribution < 1.29 is 14.3 Å². The molecule has 7 heteroatoms. The second-order valence-electron chi connectivity index (χ2n) is 5.26. The van der Waals surface area contributed by atoms with E-state index in [2.05, 4.69) is 5.32 Å². The molecule has 1 heterocycles. The molecule has 0 saturated carbocycles. The Morgan fingerprint density at radius 1 is 1.50 bits per heavy atom. The number of primary amides is 1. The first kappa shape index (κ1) is 16.6. The molecule has 0 unspecified atom stereocenters. The smallest absolute Gasteiger partial charge is 0.234 e. The largest absolute Gasteiger partial charge is 0.496 e. The molecule has 1 fully saturated rings. The Morgan fingerprint density at radius 3 is 2.95 bits per heavy atom. The summed E-state index contributed by atoms with van der Waals surface area (Å²) in [6.07, 6.45) is 1.59. The highest BCUT2D eigenvalue weighted by molar-refractivity contribution is 6.30. The zero-order chi connectivity index (χ0) is 16.1. The van der Waals surface area contributed by atoms with Crippen LogP contribution in [0.25, 0.3) is 0 Å². The summed E-state index contributed by atoms with van der Waals surface area (Å²) < 4.78 is 5.23. The van der Waals surface area contributed by atoms with E-state index in [9.17, 15) is 9.59 Å². The molecule has 0 radical (unpaired) electrons. The molecule has 1 aromatic rings. The number of rotatable bonds is 6. The van der Waals surface area contributed by atoms with Crippen molar-refractivity contribution in [1.29, 1.82) is 0 Å². The van der Waals surface area contributed by atoms with E-state index >= 15 is 0 Å². The van der Waals surface area contributed by atoms with Crippen LogP contribution in [-0.2, 0) is 16.1 Å². The SMILES string of the molecule is COc1ccc(Cl)cc1CNC(=O)CN1CCC[C@@H]1C(N)=O. The quantitative estimate of drug-likeness (QED) is 0.814. The Morgan fingerprint density at radius 2 is 2.27 bits per heavy atom. The van der Waals surface area contributed by atoms with Gasteiger partial charge in [-0.2, -0.15) is 0 Å². The van der Waals surface area contributed by atoms with Crippen molar-refractivity contribution in [3.05, 3.63) is 28.8 Å². The highest BCUT2D eigenvalue weighted by Gasteiger charge is 2.30. The first-order valence-corrected chi connectivity index (χ1v) is 7.51. The van der Waals surface area contributed by atoms with Gasteiger partial charge in [-0.05, 0) is 37.6 Å². The maximum Gasteiger partial charge on any atom is 0.234 e. The summed E-state index contributed by atoms with van der Waals surface area (Å²) in [4.78, 5) is 25.2. The molecule has 1 aliphatic rings. The molecule has 0 aromatic heterocycles. The van der Waals surface area contributed by atoms with Crippen molar-refractivity contribution in [2.45, 2.75) is 25.4 Å². The third kappa shape index (κ3) is 4.11. The van der Waals surface area contributed by atoms with Gasteiger partial charge in [-0.3, -0.25) is 14.5 Å². The summed E-state index contributed by atoms with van der Waals surface area (Å²) in [6.45, 7) is 1.19. The average Bonchev–Trinajstić information content (AvgIpc) is 2.93. The number of likely N-dealkylation sites (tertiary alicyclic amines) is 1. The zero-order valence-electron chi connectivity index (χ0n) is 12.5. The first-order chi connectivity index (χ1) is 10.5. The zero-order valence-corrected chi connectivity index (χ0v) is 13.2. The average molecular weight is 326 g/mol.